The Kier molecular flexibility index (Phi) is 4.75. The van der Waals surface area contributed by atoms with Crippen LogP contribution in [0.15, 0.2) is 61.2 Å². The van der Waals surface area contributed by atoms with Crippen molar-refractivity contribution < 1.29 is 19.4 Å². The minimum Gasteiger partial charge on any atom is -0.543 e. The molecule has 5 nitrogen and oxygen atoms in total. The SMILES string of the molecule is C=CCOc1cccc2c1cc(C(=O)[O-])n2Cc1cccc(OC)c1. The molecule has 0 N–H and O–H groups in total. The second-order valence-corrected chi connectivity index (χ2v) is 5.54. The van der Waals surface area contributed by atoms with Crippen LogP contribution in [0.4, 0.5) is 0 Å². The monoisotopic (exact) mass is 336 g/mol. The van der Waals surface area contributed by atoms with Crippen molar-refractivity contribution >= 4 is 16.9 Å². The minimum atomic E-state index is -1.23. The number of aromatic nitrogens is 1. The summed E-state index contributed by atoms with van der Waals surface area (Å²) in [6, 6.07) is 14.6. The Labute approximate surface area is 145 Å². The van der Waals surface area contributed by atoms with Gasteiger partial charge in [-0.15, -0.1) is 0 Å². The highest BCUT2D eigenvalue weighted by Gasteiger charge is 2.14. The second-order valence-electron chi connectivity index (χ2n) is 5.54. The van der Waals surface area contributed by atoms with Crippen LogP contribution in [0.1, 0.15) is 16.1 Å². The van der Waals surface area contributed by atoms with E-state index in [1.807, 2.05) is 36.4 Å². The highest BCUT2D eigenvalue weighted by molar-refractivity contribution is 5.96. The number of nitrogens with zero attached hydrogens (tertiary/aromatic N) is 1. The Morgan fingerprint density at radius 2 is 2.04 bits per heavy atom. The van der Waals surface area contributed by atoms with Crippen molar-refractivity contribution in [3.63, 3.8) is 0 Å². The van der Waals surface area contributed by atoms with Crippen LogP contribution in [0.3, 0.4) is 0 Å². The van der Waals surface area contributed by atoms with Gasteiger partial charge in [0.1, 0.15) is 18.1 Å². The highest BCUT2D eigenvalue weighted by atomic mass is 16.5. The molecule has 5 heteroatoms. The van der Waals surface area contributed by atoms with Crippen molar-refractivity contribution in [2.45, 2.75) is 6.54 Å². The Balaban J connectivity index is 2.10. The van der Waals surface area contributed by atoms with E-state index in [0.29, 0.717) is 18.9 Å². The number of carboxylic acids is 1. The summed E-state index contributed by atoms with van der Waals surface area (Å²) >= 11 is 0. The Morgan fingerprint density at radius 1 is 1.24 bits per heavy atom. The lowest BCUT2D eigenvalue weighted by Gasteiger charge is -2.12. The molecule has 0 spiro atoms. The molecule has 0 aliphatic rings. The first-order valence-electron chi connectivity index (χ1n) is 7.84. The minimum absolute atomic E-state index is 0.104. The summed E-state index contributed by atoms with van der Waals surface area (Å²) in [5, 5.41) is 12.3. The number of carbonyl (C=O) groups excluding carboxylic acids is 1. The second kappa shape index (κ2) is 7.13. The number of hydrogen-bond acceptors (Lipinski definition) is 4. The van der Waals surface area contributed by atoms with Gasteiger partial charge in [-0.2, -0.15) is 0 Å². The lowest BCUT2D eigenvalue weighted by molar-refractivity contribution is -0.255. The van der Waals surface area contributed by atoms with Crippen molar-refractivity contribution in [3.8, 4) is 11.5 Å². The number of methoxy groups -OCH3 is 1. The van der Waals surface area contributed by atoms with Crippen LogP contribution >= 0.6 is 0 Å². The van der Waals surface area contributed by atoms with Gasteiger partial charge < -0.3 is 23.9 Å². The molecule has 3 aromatic rings. The molecular formula is C20H18NO4-. The zero-order chi connectivity index (χ0) is 17.8. The average Bonchev–Trinajstić information content (AvgIpc) is 2.99. The number of carbonyl (C=O) groups is 1. The highest BCUT2D eigenvalue weighted by Crippen LogP contribution is 2.30. The van der Waals surface area contributed by atoms with Gasteiger partial charge in [0.05, 0.1) is 24.3 Å². The number of rotatable bonds is 7. The van der Waals surface area contributed by atoms with Gasteiger partial charge in [-0.3, -0.25) is 0 Å². The zero-order valence-corrected chi connectivity index (χ0v) is 13.9. The fourth-order valence-corrected chi connectivity index (χ4v) is 2.82. The zero-order valence-electron chi connectivity index (χ0n) is 13.9. The van der Waals surface area contributed by atoms with E-state index in [4.69, 9.17) is 9.47 Å². The van der Waals surface area contributed by atoms with Crippen molar-refractivity contribution in [2.24, 2.45) is 0 Å². The first-order valence-corrected chi connectivity index (χ1v) is 7.84. The summed E-state index contributed by atoms with van der Waals surface area (Å²) in [5.41, 5.74) is 1.80. The standard InChI is InChI=1S/C20H19NO4/c1-3-10-25-19-9-5-8-17-16(19)12-18(20(22)23)21(17)13-14-6-4-7-15(11-14)24-2/h3-9,11-12H,1,10,13H2,2H3,(H,22,23)/p-1. The van der Waals surface area contributed by atoms with E-state index in [1.54, 1.807) is 29.9 Å². The molecule has 0 saturated heterocycles. The fourth-order valence-electron chi connectivity index (χ4n) is 2.82. The third-order valence-electron chi connectivity index (χ3n) is 3.95. The van der Waals surface area contributed by atoms with Crippen LogP contribution in [0, 0.1) is 0 Å². The van der Waals surface area contributed by atoms with Gasteiger partial charge in [0.15, 0.2) is 0 Å². The van der Waals surface area contributed by atoms with Gasteiger partial charge in [0, 0.05) is 11.9 Å². The van der Waals surface area contributed by atoms with E-state index < -0.39 is 5.97 Å². The van der Waals surface area contributed by atoms with E-state index in [9.17, 15) is 9.90 Å². The van der Waals surface area contributed by atoms with Crippen LogP contribution in [-0.4, -0.2) is 24.3 Å². The van der Waals surface area contributed by atoms with Crippen LogP contribution < -0.4 is 14.6 Å². The summed E-state index contributed by atoms with van der Waals surface area (Å²) in [7, 11) is 1.60. The number of hydrogen-bond donors (Lipinski definition) is 0. The van der Waals surface area contributed by atoms with Crippen LogP contribution in [0.2, 0.25) is 0 Å². The van der Waals surface area contributed by atoms with E-state index >= 15 is 0 Å². The van der Waals surface area contributed by atoms with E-state index in [0.717, 1.165) is 22.2 Å². The molecule has 0 aliphatic heterocycles. The van der Waals surface area contributed by atoms with E-state index in [2.05, 4.69) is 6.58 Å². The number of benzene rings is 2. The molecular weight excluding hydrogens is 318 g/mol. The molecule has 0 atom stereocenters. The van der Waals surface area contributed by atoms with Gasteiger partial charge in [-0.05, 0) is 35.9 Å². The van der Waals surface area contributed by atoms with Gasteiger partial charge >= 0.3 is 0 Å². The average molecular weight is 336 g/mol. The van der Waals surface area contributed by atoms with E-state index in [1.165, 1.54) is 0 Å². The molecule has 0 fully saturated rings. The maximum absolute atomic E-state index is 11.6. The summed E-state index contributed by atoms with van der Waals surface area (Å²) in [6.45, 7) is 4.36. The van der Waals surface area contributed by atoms with Crippen molar-refractivity contribution in [3.05, 3.63) is 72.4 Å². The van der Waals surface area contributed by atoms with Crippen molar-refractivity contribution in [1.82, 2.24) is 4.57 Å². The molecule has 128 valence electrons. The van der Waals surface area contributed by atoms with Crippen LogP contribution in [-0.2, 0) is 6.54 Å². The maximum Gasteiger partial charge on any atom is 0.129 e. The summed E-state index contributed by atoms with van der Waals surface area (Å²) < 4.78 is 12.6. The van der Waals surface area contributed by atoms with Crippen molar-refractivity contribution in [1.29, 1.82) is 0 Å². The molecule has 0 bridgehead atoms. The molecule has 0 unspecified atom stereocenters. The largest absolute Gasteiger partial charge is 0.543 e. The third-order valence-corrected chi connectivity index (χ3v) is 3.95. The predicted octanol–water partition coefficient (Wildman–Crippen LogP) is 2.63. The normalized spacial score (nSPS) is 10.6. The first kappa shape index (κ1) is 16.6. The number of fused-ring (bicyclic) bond motifs is 1. The quantitative estimate of drug-likeness (QED) is 0.622. The molecule has 2 aromatic carbocycles. The first-order chi connectivity index (χ1) is 12.1. The Morgan fingerprint density at radius 3 is 2.76 bits per heavy atom. The smallest absolute Gasteiger partial charge is 0.129 e. The third kappa shape index (κ3) is 3.35. The maximum atomic E-state index is 11.6. The number of aromatic carboxylic acids is 1. The summed E-state index contributed by atoms with van der Waals surface area (Å²) in [4.78, 5) is 11.6. The molecule has 1 heterocycles. The van der Waals surface area contributed by atoms with Gasteiger partial charge in [-0.1, -0.05) is 30.9 Å². The molecule has 25 heavy (non-hydrogen) atoms. The molecule has 1 aromatic heterocycles. The van der Waals surface area contributed by atoms with Gasteiger partial charge in [0.2, 0.25) is 0 Å². The van der Waals surface area contributed by atoms with Crippen LogP contribution in [0.5, 0.6) is 11.5 Å². The van der Waals surface area contributed by atoms with Crippen LogP contribution in [0.25, 0.3) is 10.9 Å². The number of ether oxygens (including phenoxy) is 2. The summed E-state index contributed by atoms with van der Waals surface area (Å²) in [6.07, 6.45) is 1.64. The Bertz CT molecular complexity index is 927. The summed E-state index contributed by atoms with van der Waals surface area (Å²) in [5.74, 6) is 0.108. The van der Waals surface area contributed by atoms with Crippen molar-refractivity contribution in [2.75, 3.05) is 13.7 Å². The van der Waals surface area contributed by atoms with E-state index in [-0.39, 0.29) is 5.69 Å². The topological polar surface area (TPSA) is 63.5 Å². The molecule has 0 saturated carbocycles. The Hall–Kier alpha value is -3.21. The molecule has 0 amide bonds. The molecule has 3 rings (SSSR count). The molecule has 0 aliphatic carbocycles. The fraction of sp³-hybridized carbons (Fsp3) is 0.150. The number of carboxylic acid groups (broad SMARTS) is 1. The van der Waals surface area contributed by atoms with Gasteiger partial charge in [-0.25, -0.2) is 0 Å². The lowest BCUT2D eigenvalue weighted by Crippen LogP contribution is -2.25. The van der Waals surface area contributed by atoms with Gasteiger partial charge in [0.25, 0.3) is 0 Å². The lowest BCUT2D eigenvalue weighted by atomic mass is 10.2. The molecule has 0 radical (unpaired) electrons. The predicted molar refractivity (Wildman–Crippen MR) is 94.1 cm³/mol.